The van der Waals surface area contributed by atoms with Crippen molar-refractivity contribution < 1.29 is 4.79 Å². The largest absolute Gasteiger partial charge is 0.348 e. The van der Waals surface area contributed by atoms with Crippen molar-refractivity contribution in [3.05, 3.63) is 34.3 Å². The minimum atomic E-state index is -0.588. The van der Waals surface area contributed by atoms with E-state index < -0.39 is 5.54 Å². The molecule has 0 radical (unpaired) electrons. The summed E-state index contributed by atoms with van der Waals surface area (Å²) in [6, 6.07) is 5.97. The molecule has 2 aliphatic carbocycles. The molecule has 3 N–H and O–H groups in total. The van der Waals surface area contributed by atoms with Gasteiger partial charge < -0.3 is 11.1 Å². The highest BCUT2D eigenvalue weighted by Gasteiger charge is 2.46. The summed E-state index contributed by atoms with van der Waals surface area (Å²) in [7, 11) is 0. The first-order chi connectivity index (χ1) is 8.08. The molecular weight excluding hydrogens is 236 g/mol. The van der Waals surface area contributed by atoms with Crippen molar-refractivity contribution in [3.63, 3.8) is 0 Å². The highest BCUT2D eigenvalue weighted by atomic mass is 35.5. The number of hydrogen-bond acceptors (Lipinski definition) is 2. The normalized spacial score (nSPS) is 24.2. The Morgan fingerprint density at radius 1 is 1.47 bits per heavy atom. The smallest absolute Gasteiger partial charge is 0.240 e. The molecule has 1 aromatic carbocycles. The van der Waals surface area contributed by atoms with Crippen LogP contribution in [-0.2, 0) is 11.2 Å². The fourth-order valence-electron chi connectivity index (χ4n) is 2.40. The van der Waals surface area contributed by atoms with Crippen LogP contribution in [0.4, 0.5) is 0 Å². The van der Waals surface area contributed by atoms with Gasteiger partial charge in [-0.05, 0) is 48.9 Å². The van der Waals surface area contributed by atoms with Crippen LogP contribution in [0.5, 0.6) is 0 Å². The number of aryl methyl sites for hydroxylation is 1. The van der Waals surface area contributed by atoms with Gasteiger partial charge in [-0.1, -0.05) is 17.7 Å². The minimum Gasteiger partial charge on any atom is -0.348 e. The topological polar surface area (TPSA) is 55.1 Å². The van der Waals surface area contributed by atoms with Crippen LogP contribution in [0.3, 0.4) is 0 Å². The van der Waals surface area contributed by atoms with E-state index in [1.165, 1.54) is 11.1 Å². The third-order valence-corrected chi connectivity index (χ3v) is 3.96. The lowest BCUT2D eigenvalue weighted by atomic mass is 10.1. The molecule has 0 spiro atoms. The van der Waals surface area contributed by atoms with Gasteiger partial charge in [-0.2, -0.15) is 0 Å². The van der Waals surface area contributed by atoms with Crippen molar-refractivity contribution >= 4 is 17.5 Å². The SMILES string of the molecule is NC1(C(=O)N[C@@H]2CCc3cc(Cl)ccc32)CC1. The molecule has 17 heavy (non-hydrogen) atoms. The number of fused-ring (bicyclic) bond motifs is 1. The van der Waals surface area contributed by atoms with Crippen molar-refractivity contribution in [3.8, 4) is 0 Å². The number of benzene rings is 1. The zero-order valence-electron chi connectivity index (χ0n) is 9.50. The molecule has 0 saturated heterocycles. The Hall–Kier alpha value is -1.06. The monoisotopic (exact) mass is 250 g/mol. The van der Waals surface area contributed by atoms with Gasteiger partial charge in [-0.25, -0.2) is 0 Å². The zero-order valence-corrected chi connectivity index (χ0v) is 10.3. The van der Waals surface area contributed by atoms with Crippen LogP contribution in [0, 0.1) is 0 Å². The molecule has 1 fully saturated rings. The van der Waals surface area contributed by atoms with Crippen LogP contribution in [0.15, 0.2) is 18.2 Å². The Morgan fingerprint density at radius 2 is 2.24 bits per heavy atom. The van der Waals surface area contributed by atoms with Gasteiger partial charge in [0.05, 0.1) is 11.6 Å². The van der Waals surface area contributed by atoms with Gasteiger partial charge in [0.25, 0.3) is 0 Å². The van der Waals surface area contributed by atoms with E-state index in [0.29, 0.717) is 0 Å². The van der Waals surface area contributed by atoms with Gasteiger partial charge in [0.1, 0.15) is 0 Å². The fraction of sp³-hybridized carbons (Fsp3) is 0.462. The summed E-state index contributed by atoms with van der Waals surface area (Å²) >= 11 is 5.95. The van der Waals surface area contributed by atoms with Gasteiger partial charge >= 0.3 is 0 Å². The maximum Gasteiger partial charge on any atom is 0.240 e. The Morgan fingerprint density at radius 3 is 2.94 bits per heavy atom. The molecule has 0 aliphatic heterocycles. The predicted molar refractivity (Wildman–Crippen MR) is 66.8 cm³/mol. The van der Waals surface area contributed by atoms with Crippen molar-refractivity contribution in [1.29, 1.82) is 0 Å². The Bertz CT molecular complexity index is 482. The van der Waals surface area contributed by atoms with Gasteiger partial charge in [0.15, 0.2) is 0 Å². The number of amides is 1. The lowest BCUT2D eigenvalue weighted by Crippen LogP contribution is -2.43. The van der Waals surface area contributed by atoms with Crippen molar-refractivity contribution in [2.75, 3.05) is 0 Å². The Kier molecular flexibility index (Phi) is 2.42. The number of hydrogen-bond donors (Lipinski definition) is 2. The molecule has 1 aromatic rings. The number of carbonyl (C=O) groups is 1. The molecule has 1 amide bonds. The maximum atomic E-state index is 11.9. The Balaban J connectivity index is 1.77. The molecule has 0 aromatic heterocycles. The number of nitrogens with two attached hydrogens (primary N) is 1. The summed E-state index contributed by atoms with van der Waals surface area (Å²) in [5.74, 6) is -0.00898. The first kappa shape index (κ1) is 11.1. The summed E-state index contributed by atoms with van der Waals surface area (Å²) < 4.78 is 0. The number of rotatable bonds is 2. The average Bonchev–Trinajstić information content (AvgIpc) is 2.93. The van der Waals surface area contributed by atoms with E-state index in [0.717, 1.165) is 30.7 Å². The number of carbonyl (C=O) groups excluding carboxylic acids is 1. The van der Waals surface area contributed by atoms with Crippen LogP contribution >= 0.6 is 11.6 Å². The van der Waals surface area contributed by atoms with Crippen LogP contribution < -0.4 is 11.1 Å². The molecule has 0 heterocycles. The van der Waals surface area contributed by atoms with Crippen LogP contribution in [-0.4, -0.2) is 11.4 Å². The predicted octanol–water partition coefficient (Wildman–Crippen LogP) is 1.93. The lowest BCUT2D eigenvalue weighted by molar-refractivity contribution is -0.124. The first-order valence-electron chi connectivity index (χ1n) is 5.97. The van der Waals surface area contributed by atoms with E-state index in [9.17, 15) is 4.79 Å². The second kappa shape index (κ2) is 3.72. The standard InChI is InChI=1S/C13H15ClN2O/c14-9-2-3-10-8(7-9)1-4-11(10)16-12(17)13(15)5-6-13/h2-3,7,11H,1,4-6,15H2,(H,16,17)/t11-/m1/s1. The summed E-state index contributed by atoms with van der Waals surface area (Å²) in [4.78, 5) is 11.9. The highest BCUT2D eigenvalue weighted by Crippen LogP contribution is 2.36. The van der Waals surface area contributed by atoms with Crippen LogP contribution in [0.2, 0.25) is 5.02 Å². The lowest BCUT2D eigenvalue weighted by Gasteiger charge is -2.17. The first-order valence-corrected chi connectivity index (χ1v) is 6.34. The van der Waals surface area contributed by atoms with Gasteiger partial charge in [0.2, 0.25) is 5.91 Å². The quantitative estimate of drug-likeness (QED) is 0.843. The average molecular weight is 251 g/mol. The summed E-state index contributed by atoms with van der Waals surface area (Å²) in [6.45, 7) is 0. The zero-order chi connectivity index (χ0) is 12.0. The molecular formula is C13H15ClN2O. The third kappa shape index (κ3) is 1.94. The van der Waals surface area contributed by atoms with Gasteiger partial charge in [0, 0.05) is 5.02 Å². The molecule has 3 rings (SSSR count). The molecule has 1 saturated carbocycles. The van der Waals surface area contributed by atoms with E-state index in [4.69, 9.17) is 17.3 Å². The molecule has 4 heteroatoms. The molecule has 0 bridgehead atoms. The molecule has 1 atom stereocenters. The summed E-state index contributed by atoms with van der Waals surface area (Å²) in [5.41, 5.74) is 7.72. The van der Waals surface area contributed by atoms with Crippen LogP contribution in [0.25, 0.3) is 0 Å². The molecule has 90 valence electrons. The van der Waals surface area contributed by atoms with E-state index in [1.807, 2.05) is 18.2 Å². The second-order valence-corrected chi connectivity index (χ2v) is 5.50. The third-order valence-electron chi connectivity index (χ3n) is 3.73. The van der Waals surface area contributed by atoms with Gasteiger partial charge in [-0.3, -0.25) is 4.79 Å². The van der Waals surface area contributed by atoms with Crippen molar-refractivity contribution in [2.24, 2.45) is 5.73 Å². The second-order valence-electron chi connectivity index (χ2n) is 5.06. The van der Waals surface area contributed by atoms with Gasteiger partial charge in [-0.15, -0.1) is 0 Å². The number of nitrogens with one attached hydrogen (secondary N) is 1. The molecule has 0 unspecified atom stereocenters. The van der Waals surface area contributed by atoms with E-state index >= 15 is 0 Å². The van der Waals surface area contributed by atoms with E-state index in [1.54, 1.807) is 0 Å². The van der Waals surface area contributed by atoms with E-state index in [-0.39, 0.29) is 11.9 Å². The maximum absolute atomic E-state index is 11.9. The Labute approximate surface area is 105 Å². The van der Waals surface area contributed by atoms with E-state index in [2.05, 4.69) is 5.32 Å². The van der Waals surface area contributed by atoms with Crippen LogP contribution in [0.1, 0.15) is 36.4 Å². The highest BCUT2D eigenvalue weighted by molar-refractivity contribution is 6.30. The fourth-order valence-corrected chi connectivity index (χ4v) is 2.59. The van der Waals surface area contributed by atoms with Crippen molar-refractivity contribution in [2.45, 2.75) is 37.3 Å². The summed E-state index contributed by atoms with van der Waals surface area (Å²) in [5, 5.41) is 3.81. The number of halogens is 1. The molecule has 3 nitrogen and oxygen atoms in total. The minimum absolute atomic E-state index is 0.00898. The molecule has 2 aliphatic rings. The summed E-state index contributed by atoms with van der Waals surface area (Å²) in [6.07, 6.45) is 3.52. The van der Waals surface area contributed by atoms with Crippen molar-refractivity contribution in [1.82, 2.24) is 5.32 Å².